The number of thiol groups is 1. The standard InChI is InChI=1S/C7H15NO2S.ClH/c1-3-4-5-6-10-7(9)8(2)11;/h11H,3-6H2,1-2H3;1H/p-1. The number of halogens is 1. The molecule has 0 aromatic rings. The van der Waals surface area contributed by atoms with Crippen LogP contribution in [-0.4, -0.2) is 24.1 Å². The molecular weight excluding hydrogens is 198 g/mol. The van der Waals surface area contributed by atoms with Gasteiger partial charge in [-0.05, 0) is 6.42 Å². The van der Waals surface area contributed by atoms with Crippen LogP contribution in [0.3, 0.4) is 0 Å². The number of rotatable bonds is 4. The summed E-state index contributed by atoms with van der Waals surface area (Å²) in [6, 6.07) is 0. The second-order valence-corrected chi connectivity index (χ2v) is 2.95. The SMILES string of the molecule is CCCCCOC(=O)N(C)S.[Cl-]. The Hall–Kier alpha value is -0.0900. The van der Waals surface area contributed by atoms with E-state index < -0.39 is 0 Å². The second kappa shape index (κ2) is 9.00. The van der Waals surface area contributed by atoms with Gasteiger partial charge in [-0.2, -0.15) is 0 Å². The van der Waals surface area contributed by atoms with Crippen LogP contribution in [0, 0.1) is 0 Å². The molecule has 74 valence electrons. The van der Waals surface area contributed by atoms with Crippen molar-refractivity contribution in [3.8, 4) is 0 Å². The fourth-order valence-corrected chi connectivity index (χ4v) is 0.663. The van der Waals surface area contributed by atoms with Crippen molar-refractivity contribution < 1.29 is 21.9 Å². The summed E-state index contributed by atoms with van der Waals surface area (Å²) in [6.07, 6.45) is 2.78. The molecule has 0 fully saturated rings. The number of hydrogen-bond donors (Lipinski definition) is 1. The first-order chi connectivity index (χ1) is 5.18. The topological polar surface area (TPSA) is 29.5 Å². The highest BCUT2D eigenvalue weighted by atomic mass is 35.5. The van der Waals surface area contributed by atoms with E-state index in [0.29, 0.717) is 6.61 Å². The van der Waals surface area contributed by atoms with E-state index >= 15 is 0 Å². The lowest BCUT2D eigenvalue weighted by Gasteiger charge is -2.08. The molecule has 5 heteroatoms. The molecule has 3 nitrogen and oxygen atoms in total. The normalized spacial score (nSPS) is 8.58. The minimum atomic E-state index is -0.385. The van der Waals surface area contributed by atoms with Gasteiger partial charge < -0.3 is 17.1 Å². The maximum Gasteiger partial charge on any atom is 0.419 e. The highest BCUT2D eigenvalue weighted by molar-refractivity contribution is 7.78. The van der Waals surface area contributed by atoms with E-state index in [1.165, 1.54) is 0 Å². The zero-order chi connectivity index (χ0) is 8.69. The Kier molecular flexibility index (Phi) is 10.8. The average molecular weight is 213 g/mol. The molecule has 0 aromatic heterocycles. The molecule has 0 aliphatic heterocycles. The van der Waals surface area contributed by atoms with Crippen molar-refractivity contribution in [2.24, 2.45) is 0 Å². The molecule has 0 aliphatic rings. The number of unbranched alkanes of at least 4 members (excludes halogenated alkanes) is 2. The third kappa shape index (κ3) is 8.01. The summed E-state index contributed by atoms with van der Waals surface area (Å²) in [5, 5.41) is 0. The van der Waals surface area contributed by atoms with Gasteiger partial charge in [0.1, 0.15) is 0 Å². The summed E-state index contributed by atoms with van der Waals surface area (Å²) in [4.78, 5) is 10.7. The molecule has 0 aliphatic carbocycles. The summed E-state index contributed by atoms with van der Waals surface area (Å²) in [5.74, 6) is 0. The van der Waals surface area contributed by atoms with Crippen LogP contribution in [0.4, 0.5) is 4.79 Å². The first-order valence-electron chi connectivity index (χ1n) is 3.77. The van der Waals surface area contributed by atoms with Crippen LogP contribution in [0.5, 0.6) is 0 Å². The van der Waals surface area contributed by atoms with E-state index in [0.717, 1.165) is 23.6 Å². The third-order valence-electron chi connectivity index (χ3n) is 1.24. The highest BCUT2D eigenvalue weighted by Gasteiger charge is 2.03. The van der Waals surface area contributed by atoms with Gasteiger partial charge in [-0.25, -0.2) is 4.79 Å². The third-order valence-corrected chi connectivity index (χ3v) is 1.40. The molecule has 0 atom stereocenters. The number of amides is 1. The maximum atomic E-state index is 10.7. The van der Waals surface area contributed by atoms with Crippen molar-refractivity contribution in [1.82, 2.24) is 4.31 Å². The molecule has 0 N–H and O–H groups in total. The lowest BCUT2D eigenvalue weighted by molar-refractivity contribution is -0.00000885. The lowest BCUT2D eigenvalue weighted by Crippen LogP contribution is -3.00. The van der Waals surface area contributed by atoms with Gasteiger partial charge in [-0.15, -0.1) is 0 Å². The number of ether oxygens (including phenoxy) is 1. The van der Waals surface area contributed by atoms with E-state index in [4.69, 9.17) is 4.74 Å². The Balaban J connectivity index is 0. The Morgan fingerprint density at radius 2 is 2.08 bits per heavy atom. The Bertz CT molecular complexity index is 122. The van der Waals surface area contributed by atoms with E-state index in [9.17, 15) is 4.79 Å². The van der Waals surface area contributed by atoms with Gasteiger partial charge >= 0.3 is 6.09 Å². The van der Waals surface area contributed by atoms with E-state index in [1.54, 1.807) is 7.05 Å². The number of carbonyl (C=O) groups excluding carboxylic acids is 1. The first-order valence-corrected chi connectivity index (χ1v) is 4.17. The molecular formula is C7H15ClNO2S-. The van der Waals surface area contributed by atoms with Crippen molar-refractivity contribution >= 4 is 18.9 Å². The highest BCUT2D eigenvalue weighted by Crippen LogP contribution is 1.97. The van der Waals surface area contributed by atoms with Gasteiger partial charge in [0.05, 0.1) is 6.61 Å². The molecule has 0 bridgehead atoms. The zero-order valence-corrected chi connectivity index (χ0v) is 9.07. The van der Waals surface area contributed by atoms with Gasteiger partial charge in [0, 0.05) is 7.05 Å². The quantitative estimate of drug-likeness (QED) is 0.483. The molecule has 0 heterocycles. The molecule has 0 rings (SSSR count). The Labute approximate surface area is 85.4 Å². The molecule has 12 heavy (non-hydrogen) atoms. The molecule has 0 unspecified atom stereocenters. The van der Waals surface area contributed by atoms with Gasteiger partial charge in [-0.3, -0.25) is 4.31 Å². The minimum absolute atomic E-state index is 0. The molecule has 0 spiro atoms. The van der Waals surface area contributed by atoms with Crippen molar-refractivity contribution in [3.05, 3.63) is 0 Å². The minimum Gasteiger partial charge on any atom is -1.00 e. The van der Waals surface area contributed by atoms with Crippen LogP contribution in [-0.2, 0) is 4.74 Å². The van der Waals surface area contributed by atoms with Crippen molar-refractivity contribution in [3.63, 3.8) is 0 Å². The zero-order valence-electron chi connectivity index (χ0n) is 7.42. The van der Waals surface area contributed by atoms with Crippen molar-refractivity contribution in [2.45, 2.75) is 26.2 Å². The Morgan fingerprint density at radius 3 is 2.50 bits per heavy atom. The maximum absolute atomic E-state index is 10.7. The molecule has 0 radical (unpaired) electrons. The summed E-state index contributed by atoms with van der Waals surface area (Å²) in [5.41, 5.74) is 0. The smallest absolute Gasteiger partial charge is 0.419 e. The Morgan fingerprint density at radius 1 is 1.50 bits per heavy atom. The van der Waals surface area contributed by atoms with Crippen LogP contribution >= 0.6 is 12.8 Å². The molecule has 1 amide bonds. The number of carbonyl (C=O) groups is 1. The first kappa shape index (κ1) is 14.4. The van der Waals surface area contributed by atoms with Gasteiger partial charge in [0.25, 0.3) is 0 Å². The predicted octanol–water partition coefficient (Wildman–Crippen LogP) is -0.906. The largest absolute Gasteiger partial charge is 1.00 e. The molecule has 0 saturated carbocycles. The summed E-state index contributed by atoms with van der Waals surface area (Å²) in [6.45, 7) is 2.60. The fourth-order valence-electron chi connectivity index (χ4n) is 0.605. The van der Waals surface area contributed by atoms with E-state index in [-0.39, 0.29) is 18.5 Å². The van der Waals surface area contributed by atoms with E-state index in [2.05, 4.69) is 19.7 Å². The number of nitrogens with zero attached hydrogens (tertiary/aromatic N) is 1. The van der Waals surface area contributed by atoms with Gasteiger partial charge in [0.2, 0.25) is 0 Å². The van der Waals surface area contributed by atoms with Crippen LogP contribution in [0.1, 0.15) is 26.2 Å². The molecule has 0 aromatic carbocycles. The predicted molar refractivity (Wildman–Crippen MR) is 47.6 cm³/mol. The lowest BCUT2D eigenvalue weighted by atomic mass is 10.3. The monoisotopic (exact) mass is 212 g/mol. The summed E-state index contributed by atoms with van der Waals surface area (Å²) < 4.78 is 5.95. The van der Waals surface area contributed by atoms with Crippen LogP contribution in [0.15, 0.2) is 0 Å². The van der Waals surface area contributed by atoms with Crippen LogP contribution in [0.2, 0.25) is 0 Å². The second-order valence-electron chi connectivity index (χ2n) is 2.35. The number of hydrogen-bond acceptors (Lipinski definition) is 3. The van der Waals surface area contributed by atoms with E-state index in [1.807, 2.05) is 0 Å². The summed E-state index contributed by atoms with van der Waals surface area (Å²) in [7, 11) is 1.55. The van der Waals surface area contributed by atoms with Crippen LogP contribution < -0.4 is 12.4 Å². The average Bonchev–Trinajstić information content (AvgIpc) is 1.97. The summed E-state index contributed by atoms with van der Waals surface area (Å²) >= 11 is 3.78. The fraction of sp³-hybridized carbons (Fsp3) is 0.857. The van der Waals surface area contributed by atoms with Crippen molar-refractivity contribution in [2.75, 3.05) is 13.7 Å². The van der Waals surface area contributed by atoms with Gasteiger partial charge in [0.15, 0.2) is 0 Å². The molecule has 0 saturated heterocycles. The van der Waals surface area contributed by atoms with Crippen molar-refractivity contribution in [1.29, 1.82) is 0 Å². The van der Waals surface area contributed by atoms with Gasteiger partial charge in [-0.1, -0.05) is 32.6 Å². The van der Waals surface area contributed by atoms with Crippen LogP contribution in [0.25, 0.3) is 0 Å².